The molecule has 0 saturated heterocycles. The number of carbonyl (C=O) groups is 2. The highest BCUT2D eigenvalue weighted by Gasteiger charge is 2.15. The largest absolute Gasteiger partial charge is 0.372 e. The maximum absolute atomic E-state index is 12.6. The molecule has 6 heteroatoms. The third-order valence-electron chi connectivity index (χ3n) is 4.14. The van der Waals surface area contributed by atoms with Crippen molar-refractivity contribution in [1.29, 1.82) is 0 Å². The molecule has 0 unspecified atom stereocenters. The zero-order valence-electron chi connectivity index (χ0n) is 16.2. The highest BCUT2D eigenvalue weighted by atomic mass is 32.2. The number of ether oxygens (including phenoxy) is 1. The van der Waals surface area contributed by atoms with Crippen LogP contribution in [0.4, 0.5) is 0 Å². The highest BCUT2D eigenvalue weighted by Crippen LogP contribution is 2.14. The smallest absolute Gasteiger partial charge is 0.192 e. The minimum Gasteiger partial charge on any atom is -0.372 e. The van der Waals surface area contributed by atoms with Crippen molar-refractivity contribution in [2.24, 2.45) is 0 Å². The lowest BCUT2D eigenvalue weighted by atomic mass is 10.0. The van der Waals surface area contributed by atoms with Crippen LogP contribution in [0.25, 0.3) is 0 Å². The lowest BCUT2D eigenvalue weighted by Gasteiger charge is -2.04. The summed E-state index contributed by atoms with van der Waals surface area (Å²) in [5.74, 6) is 0.215. The number of aldehydes is 1. The molecule has 0 aliphatic rings. The van der Waals surface area contributed by atoms with Crippen LogP contribution in [0.3, 0.4) is 0 Å². The van der Waals surface area contributed by atoms with Crippen molar-refractivity contribution < 1.29 is 14.3 Å². The maximum Gasteiger partial charge on any atom is 0.192 e. The molecule has 0 aromatic heterocycles. The van der Waals surface area contributed by atoms with Crippen molar-refractivity contribution in [2.45, 2.75) is 26.6 Å². The molecule has 0 aliphatic carbocycles. The molecule has 2 rings (SSSR count). The van der Waals surface area contributed by atoms with E-state index in [9.17, 15) is 14.4 Å². The predicted octanol–water partition coefficient (Wildman–Crippen LogP) is 4.79. The van der Waals surface area contributed by atoms with E-state index in [0.29, 0.717) is 41.8 Å². The molecule has 0 radical (unpaired) electrons. The molecule has 0 fully saturated rings. The average Bonchev–Trinajstić information content (AvgIpc) is 2.86. The minimum atomic E-state index is -0.457. The molecule has 150 valence electrons. The fraction of sp³-hybridized carbons (Fsp3) is 0.217. The van der Waals surface area contributed by atoms with Gasteiger partial charge in [0.1, 0.15) is 6.29 Å². The van der Waals surface area contributed by atoms with Gasteiger partial charge in [0.15, 0.2) is 11.2 Å². The van der Waals surface area contributed by atoms with Gasteiger partial charge in [-0.25, -0.2) is 0 Å². The Morgan fingerprint density at radius 1 is 1.17 bits per heavy atom. The van der Waals surface area contributed by atoms with Gasteiger partial charge in [-0.2, -0.15) is 0 Å². The van der Waals surface area contributed by atoms with Crippen molar-refractivity contribution in [3.8, 4) is 0 Å². The van der Waals surface area contributed by atoms with Gasteiger partial charge in [-0.3, -0.25) is 14.4 Å². The normalized spacial score (nSPS) is 10.4. The van der Waals surface area contributed by atoms with Crippen molar-refractivity contribution in [3.63, 3.8) is 0 Å². The number of hydrogen-bond donors (Lipinski definition) is 0. The van der Waals surface area contributed by atoms with E-state index in [1.165, 1.54) is 30.0 Å². The van der Waals surface area contributed by atoms with Crippen LogP contribution in [-0.4, -0.2) is 22.0 Å². The third-order valence-corrected chi connectivity index (χ3v) is 5.31. The molecule has 0 spiro atoms. The molecular formula is C23H22O4S2. The topological polar surface area (TPSA) is 60.4 Å². The van der Waals surface area contributed by atoms with Crippen molar-refractivity contribution in [1.82, 2.24) is 0 Å². The number of benzene rings is 1. The first-order valence-electron chi connectivity index (χ1n) is 9.02. The maximum atomic E-state index is 12.6. The molecule has 2 aromatic rings. The summed E-state index contributed by atoms with van der Waals surface area (Å²) in [5, 5.41) is 0. The first-order valence-corrected chi connectivity index (χ1v) is 10.4. The summed E-state index contributed by atoms with van der Waals surface area (Å²) in [6, 6.07) is 13.7. The lowest BCUT2D eigenvalue weighted by Crippen LogP contribution is -2.14. The van der Waals surface area contributed by atoms with Crippen molar-refractivity contribution >= 4 is 40.2 Å². The fourth-order valence-corrected chi connectivity index (χ4v) is 3.47. The number of thioether (sulfide) groups is 1. The van der Waals surface area contributed by atoms with Gasteiger partial charge in [0.25, 0.3) is 0 Å². The van der Waals surface area contributed by atoms with E-state index in [0.717, 1.165) is 9.76 Å². The molecule has 0 saturated carbocycles. The molecule has 0 aliphatic heterocycles. The monoisotopic (exact) mass is 426 g/mol. The Morgan fingerprint density at radius 2 is 1.90 bits per heavy atom. The molecular weight excluding hydrogens is 404 g/mol. The first-order chi connectivity index (χ1) is 13.9. The van der Waals surface area contributed by atoms with E-state index >= 15 is 0 Å². The minimum absolute atomic E-state index is 0.00326. The number of rotatable bonds is 10. The van der Waals surface area contributed by atoms with E-state index in [1.807, 2.05) is 37.3 Å². The van der Waals surface area contributed by atoms with Gasteiger partial charge >= 0.3 is 0 Å². The van der Waals surface area contributed by atoms with E-state index in [2.05, 4.69) is 6.58 Å². The van der Waals surface area contributed by atoms with Crippen LogP contribution < -0.4 is 5.43 Å². The van der Waals surface area contributed by atoms with Crippen LogP contribution >= 0.6 is 24.0 Å². The van der Waals surface area contributed by atoms with Crippen molar-refractivity contribution in [2.75, 3.05) is 5.75 Å². The van der Waals surface area contributed by atoms with Gasteiger partial charge in [-0.05, 0) is 42.2 Å². The molecule has 0 amide bonds. The van der Waals surface area contributed by atoms with E-state index in [1.54, 1.807) is 0 Å². The SMILES string of the molecule is C=C(CCSC(C)=S)C(=O)c1ccc(C=O)c(COCc2ccccc2)cc1=O. The number of Topliss-reactive ketones (excluding diaryl/α,β-unsaturated/α-hetero) is 1. The quantitative estimate of drug-likeness (QED) is 0.236. The Kier molecular flexibility index (Phi) is 9.12. The zero-order chi connectivity index (χ0) is 21.2. The number of allylic oxidation sites excluding steroid dienone is 1. The summed E-state index contributed by atoms with van der Waals surface area (Å²) >= 11 is 6.47. The number of thiocarbonyl (C=S) groups is 1. The standard InChI is InChI=1S/C23H22O4S2/c1-16(10-11-29-17(2)28)23(26)21-9-8-19(13-24)20(12-22(21)25)15-27-14-18-6-4-3-5-7-18/h3-9,12-13H,1,10-11,14-15H2,2H3. The van der Waals surface area contributed by atoms with Crippen LogP contribution in [0.1, 0.15) is 45.2 Å². The number of carbonyl (C=O) groups excluding carboxylic acids is 2. The van der Waals surface area contributed by atoms with Gasteiger partial charge in [0, 0.05) is 15.5 Å². The summed E-state index contributed by atoms with van der Waals surface area (Å²) in [5.41, 5.74) is 1.62. The molecule has 0 atom stereocenters. The van der Waals surface area contributed by atoms with Crippen molar-refractivity contribution in [3.05, 3.63) is 93.2 Å². The Morgan fingerprint density at radius 3 is 2.55 bits per heavy atom. The molecule has 0 heterocycles. The molecule has 0 N–H and O–H groups in total. The average molecular weight is 427 g/mol. The zero-order valence-corrected chi connectivity index (χ0v) is 17.8. The number of hydrogen-bond acceptors (Lipinski definition) is 6. The predicted molar refractivity (Wildman–Crippen MR) is 122 cm³/mol. The fourth-order valence-electron chi connectivity index (χ4n) is 2.58. The molecule has 4 nitrogen and oxygen atoms in total. The summed E-state index contributed by atoms with van der Waals surface area (Å²) in [6.45, 7) is 6.06. The van der Waals surface area contributed by atoms with Gasteiger partial charge in [-0.15, -0.1) is 11.8 Å². The third kappa shape index (κ3) is 7.16. The van der Waals surface area contributed by atoms with E-state index in [4.69, 9.17) is 17.0 Å². The summed E-state index contributed by atoms with van der Waals surface area (Å²) in [6.07, 6.45) is 1.09. The molecule has 2 aromatic carbocycles. The van der Waals surface area contributed by atoms with Crippen LogP contribution in [0.5, 0.6) is 0 Å². The molecule has 29 heavy (non-hydrogen) atoms. The second kappa shape index (κ2) is 11.6. The summed E-state index contributed by atoms with van der Waals surface area (Å²) < 4.78 is 6.44. The summed E-state index contributed by atoms with van der Waals surface area (Å²) in [4.78, 5) is 36.7. The number of ketones is 1. The van der Waals surface area contributed by atoms with Gasteiger partial charge in [0.2, 0.25) is 0 Å². The van der Waals surface area contributed by atoms with Crippen LogP contribution in [0.15, 0.2) is 65.5 Å². The van der Waals surface area contributed by atoms with Crippen LogP contribution in [0, 0.1) is 0 Å². The van der Waals surface area contributed by atoms with Crippen LogP contribution in [0.2, 0.25) is 0 Å². The van der Waals surface area contributed by atoms with E-state index < -0.39 is 11.2 Å². The Hall–Kier alpha value is -2.41. The van der Waals surface area contributed by atoms with Gasteiger partial charge < -0.3 is 4.74 Å². The second-order valence-electron chi connectivity index (χ2n) is 6.36. The second-order valence-corrected chi connectivity index (χ2v) is 8.54. The lowest BCUT2D eigenvalue weighted by molar-refractivity contribution is 0.103. The van der Waals surface area contributed by atoms with Crippen LogP contribution in [-0.2, 0) is 18.0 Å². The Bertz CT molecular complexity index is 968. The Labute approximate surface area is 180 Å². The van der Waals surface area contributed by atoms with Gasteiger partial charge in [-0.1, -0.05) is 55.2 Å². The Balaban J connectivity index is 2.15. The molecule has 0 bridgehead atoms. The summed E-state index contributed by atoms with van der Waals surface area (Å²) in [7, 11) is 0. The van der Waals surface area contributed by atoms with E-state index in [-0.39, 0.29) is 12.2 Å². The highest BCUT2D eigenvalue weighted by molar-refractivity contribution is 8.23. The van der Waals surface area contributed by atoms with Gasteiger partial charge in [0.05, 0.1) is 18.8 Å². The first kappa shape index (κ1) is 22.9.